The Hall–Kier alpha value is -1.74. The number of hydrogen-bond acceptors (Lipinski definition) is 5. The van der Waals surface area contributed by atoms with Gasteiger partial charge in [-0.2, -0.15) is 5.26 Å². The molecule has 0 aromatic heterocycles. The summed E-state index contributed by atoms with van der Waals surface area (Å²) in [5.74, 6) is 0.439. The highest BCUT2D eigenvalue weighted by molar-refractivity contribution is 7.91. The summed E-state index contributed by atoms with van der Waals surface area (Å²) in [5.41, 5.74) is 8.16. The molecule has 0 aliphatic carbocycles. The molecule has 0 unspecified atom stereocenters. The molecule has 1 aromatic carbocycles. The Morgan fingerprint density at radius 1 is 1.32 bits per heavy atom. The molecule has 19 heavy (non-hydrogen) atoms. The van der Waals surface area contributed by atoms with Gasteiger partial charge in [0.25, 0.3) is 0 Å². The van der Waals surface area contributed by atoms with Gasteiger partial charge < -0.3 is 10.6 Å². The number of nitrogens with two attached hydrogens (primary N) is 1. The molecule has 1 aromatic rings. The summed E-state index contributed by atoms with van der Waals surface area (Å²) in [6.07, 6.45) is 0.909. The van der Waals surface area contributed by atoms with E-state index in [1.165, 1.54) is 0 Å². The van der Waals surface area contributed by atoms with Crippen LogP contribution in [0.25, 0.3) is 0 Å². The number of anilines is 2. The third-order valence-corrected chi connectivity index (χ3v) is 5.03. The van der Waals surface area contributed by atoms with Gasteiger partial charge in [0.1, 0.15) is 0 Å². The van der Waals surface area contributed by atoms with E-state index in [1.54, 1.807) is 6.07 Å². The van der Waals surface area contributed by atoms with Gasteiger partial charge in [0.05, 0.1) is 24.0 Å². The number of benzene rings is 1. The summed E-state index contributed by atoms with van der Waals surface area (Å²) >= 11 is 0. The molecule has 0 saturated carbocycles. The highest BCUT2D eigenvalue weighted by Crippen LogP contribution is 2.23. The Kier molecular flexibility index (Phi) is 3.96. The molecule has 0 spiro atoms. The topological polar surface area (TPSA) is 87.2 Å². The minimum absolute atomic E-state index is 0.185. The quantitative estimate of drug-likeness (QED) is 0.815. The maximum absolute atomic E-state index is 11.6. The normalized spacial score (nSPS) is 18.6. The van der Waals surface area contributed by atoms with Gasteiger partial charge in [-0.25, -0.2) is 8.42 Å². The van der Waals surface area contributed by atoms with Gasteiger partial charge in [-0.15, -0.1) is 0 Å². The average molecular weight is 279 g/mol. The van der Waals surface area contributed by atoms with Crippen molar-refractivity contribution in [3.8, 4) is 6.07 Å². The Bertz CT molecular complexity index is 605. The summed E-state index contributed by atoms with van der Waals surface area (Å²) in [5, 5.41) is 8.76. The van der Waals surface area contributed by atoms with E-state index in [9.17, 15) is 8.42 Å². The van der Waals surface area contributed by atoms with Gasteiger partial charge in [0.15, 0.2) is 9.84 Å². The van der Waals surface area contributed by atoms with Gasteiger partial charge in [-0.3, -0.25) is 0 Å². The fourth-order valence-electron chi connectivity index (χ4n) is 2.22. The Morgan fingerprint density at radius 3 is 2.84 bits per heavy atom. The standard InChI is InChI=1S/C13H17N3O2S/c14-5-4-11-10-12(2-3-13(11)15)16-6-1-8-19(17,18)9-7-16/h2-3,10H,1,4,6-9,15H2. The van der Waals surface area contributed by atoms with Crippen LogP contribution in [0.15, 0.2) is 18.2 Å². The van der Waals surface area contributed by atoms with E-state index in [0.717, 1.165) is 17.8 Å². The molecule has 0 bridgehead atoms. The SMILES string of the molecule is N#CCc1cc(N2CCCS(=O)(=O)CC2)ccc1N. The lowest BCUT2D eigenvalue weighted by Gasteiger charge is -2.23. The van der Waals surface area contributed by atoms with E-state index in [1.807, 2.05) is 17.0 Å². The van der Waals surface area contributed by atoms with E-state index >= 15 is 0 Å². The lowest BCUT2D eigenvalue weighted by atomic mass is 10.1. The van der Waals surface area contributed by atoms with E-state index < -0.39 is 9.84 Å². The van der Waals surface area contributed by atoms with Crippen molar-refractivity contribution in [3.05, 3.63) is 23.8 Å². The minimum atomic E-state index is -2.91. The van der Waals surface area contributed by atoms with E-state index in [4.69, 9.17) is 11.0 Å². The number of nitriles is 1. The molecular weight excluding hydrogens is 262 g/mol. The van der Waals surface area contributed by atoms with Crippen molar-refractivity contribution in [1.82, 2.24) is 0 Å². The minimum Gasteiger partial charge on any atom is -0.398 e. The second-order valence-corrected chi connectivity index (χ2v) is 7.01. The molecule has 102 valence electrons. The summed E-state index contributed by atoms with van der Waals surface area (Å²) in [7, 11) is -2.91. The Morgan fingerprint density at radius 2 is 2.11 bits per heavy atom. The van der Waals surface area contributed by atoms with E-state index in [-0.39, 0.29) is 17.9 Å². The van der Waals surface area contributed by atoms with Gasteiger partial charge in [0, 0.05) is 24.5 Å². The van der Waals surface area contributed by atoms with E-state index in [0.29, 0.717) is 18.7 Å². The zero-order valence-corrected chi connectivity index (χ0v) is 11.5. The molecule has 1 fully saturated rings. The first kappa shape index (κ1) is 13.7. The predicted molar refractivity (Wildman–Crippen MR) is 75.7 cm³/mol. The summed E-state index contributed by atoms with van der Waals surface area (Å²) in [6.45, 7) is 1.22. The summed E-state index contributed by atoms with van der Waals surface area (Å²) in [6, 6.07) is 7.63. The molecule has 1 aliphatic heterocycles. The van der Waals surface area contributed by atoms with Crippen LogP contribution < -0.4 is 10.6 Å². The molecular formula is C13H17N3O2S. The van der Waals surface area contributed by atoms with Crippen LogP contribution in [-0.4, -0.2) is 33.0 Å². The van der Waals surface area contributed by atoms with Crippen LogP contribution in [0.1, 0.15) is 12.0 Å². The first-order chi connectivity index (χ1) is 9.02. The molecule has 0 atom stereocenters. The van der Waals surface area contributed by atoms with Crippen LogP contribution in [0.4, 0.5) is 11.4 Å². The largest absolute Gasteiger partial charge is 0.398 e. The average Bonchev–Trinajstić information content (AvgIpc) is 2.53. The fraction of sp³-hybridized carbons (Fsp3) is 0.462. The Balaban J connectivity index is 2.22. The highest BCUT2D eigenvalue weighted by atomic mass is 32.2. The van der Waals surface area contributed by atoms with Crippen molar-refractivity contribution in [1.29, 1.82) is 5.26 Å². The van der Waals surface area contributed by atoms with Crippen LogP contribution in [0.5, 0.6) is 0 Å². The molecule has 2 rings (SSSR count). The van der Waals surface area contributed by atoms with Gasteiger partial charge >= 0.3 is 0 Å². The van der Waals surface area contributed by atoms with Crippen molar-refractivity contribution in [2.24, 2.45) is 0 Å². The molecule has 1 heterocycles. The zero-order chi connectivity index (χ0) is 13.9. The lowest BCUT2D eigenvalue weighted by Crippen LogP contribution is -2.26. The molecule has 6 heteroatoms. The van der Waals surface area contributed by atoms with Gasteiger partial charge in [-0.1, -0.05) is 0 Å². The third-order valence-electron chi connectivity index (χ3n) is 3.32. The highest BCUT2D eigenvalue weighted by Gasteiger charge is 2.19. The molecule has 0 radical (unpaired) electrons. The second kappa shape index (κ2) is 5.49. The third kappa shape index (κ3) is 3.38. The van der Waals surface area contributed by atoms with Crippen molar-refractivity contribution < 1.29 is 8.42 Å². The molecule has 5 nitrogen and oxygen atoms in total. The van der Waals surface area contributed by atoms with Crippen molar-refractivity contribution in [3.63, 3.8) is 0 Å². The molecule has 1 saturated heterocycles. The maximum atomic E-state index is 11.6. The number of nitrogens with zero attached hydrogens (tertiary/aromatic N) is 2. The van der Waals surface area contributed by atoms with Crippen LogP contribution in [0.3, 0.4) is 0 Å². The van der Waals surface area contributed by atoms with Crippen molar-refractivity contribution >= 4 is 21.2 Å². The van der Waals surface area contributed by atoms with E-state index in [2.05, 4.69) is 6.07 Å². The van der Waals surface area contributed by atoms with Crippen molar-refractivity contribution in [2.45, 2.75) is 12.8 Å². The zero-order valence-electron chi connectivity index (χ0n) is 10.7. The number of sulfone groups is 1. The first-order valence-corrected chi connectivity index (χ1v) is 8.05. The molecule has 0 amide bonds. The van der Waals surface area contributed by atoms with Crippen LogP contribution in [-0.2, 0) is 16.3 Å². The number of rotatable bonds is 2. The first-order valence-electron chi connectivity index (χ1n) is 6.22. The number of hydrogen-bond donors (Lipinski definition) is 1. The predicted octanol–water partition coefficient (Wildman–Crippen LogP) is 0.960. The van der Waals surface area contributed by atoms with Gasteiger partial charge in [0.2, 0.25) is 0 Å². The van der Waals surface area contributed by atoms with Crippen LogP contribution in [0, 0.1) is 11.3 Å². The maximum Gasteiger partial charge on any atom is 0.152 e. The molecule has 1 aliphatic rings. The van der Waals surface area contributed by atoms with Crippen LogP contribution >= 0.6 is 0 Å². The van der Waals surface area contributed by atoms with Crippen molar-refractivity contribution in [2.75, 3.05) is 35.2 Å². The number of nitrogen functional groups attached to an aromatic ring is 1. The lowest BCUT2D eigenvalue weighted by molar-refractivity contribution is 0.597. The second-order valence-electron chi connectivity index (χ2n) is 4.71. The Labute approximate surface area is 113 Å². The van der Waals surface area contributed by atoms with Crippen LogP contribution in [0.2, 0.25) is 0 Å². The summed E-state index contributed by atoms with van der Waals surface area (Å²) < 4.78 is 23.2. The summed E-state index contributed by atoms with van der Waals surface area (Å²) in [4.78, 5) is 2.05. The van der Waals surface area contributed by atoms with Gasteiger partial charge in [-0.05, 0) is 30.2 Å². The fourth-order valence-corrected chi connectivity index (χ4v) is 3.50. The molecule has 2 N–H and O–H groups in total. The smallest absolute Gasteiger partial charge is 0.152 e. The monoisotopic (exact) mass is 279 g/mol.